The summed E-state index contributed by atoms with van der Waals surface area (Å²) in [7, 11) is 1.59. The Labute approximate surface area is 108 Å². The molecule has 0 aromatic heterocycles. The van der Waals surface area contributed by atoms with Crippen molar-refractivity contribution in [3.63, 3.8) is 0 Å². The van der Waals surface area contributed by atoms with Crippen molar-refractivity contribution in [2.45, 2.75) is 19.4 Å². The number of ether oxygens (including phenoxy) is 2. The molecule has 1 amide bonds. The first-order valence-electron chi connectivity index (χ1n) is 5.90. The molecule has 18 heavy (non-hydrogen) atoms. The van der Waals surface area contributed by atoms with Gasteiger partial charge in [0.2, 0.25) is 0 Å². The molecule has 1 aromatic rings. The highest BCUT2D eigenvalue weighted by atomic mass is 16.5. The van der Waals surface area contributed by atoms with Gasteiger partial charge in [-0.25, -0.2) is 0 Å². The molecule has 0 unspecified atom stereocenters. The van der Waals surface area contributed by atoms with Gasteiger partial charge >= 0.3 is 0 Å². The van der Waals surface area contributed by atoms with Gasteiger partial charge in [-0.05, 0) is 18.6 Å². The number of benzene rings is 1. The molecule has 0 aliphatic carbocycles. The Balaban J connectivity index is 2.66. The predicted octanol–water partition coefficient (Wildman–Crippen LogP) is 2.15. The van der Waals surface area contributed by atoms with Crippen LogP contribution in [0.2, 0.25) is 0 Å². The molecule has 4 heteroatoms. The van der Waals surface area contributed by atoms with Gasteiger partial charge in [0.25, 0.3) is 5.91 Å². The van der Waals surface area contributed by atoms with Crippen LogP contribution in [-0.4, -0.2) is 25.7 Å². The Morgan fingerprint density at radius 2 is 2.22 bits per heavy atom. The third-order valence-electron chi connectivity index (χ3n) is 2.40. The van der Waals surface area contributed by atoms with E-state index in [1.54, 1.807) is 25.3 Å². The zero-order valence-electron chi connectivity index (χ0n) is 10.8. The lowest BCUT2D eigenvalue weighted by Crippen LogP contribution is -2.38. The molecule has 1 N–H and O–H groups in total. The van der Waals surface area contributed by atoms with E-state index < -0.39 is 6.10 Å². The van der Waals surface area contributed by atoms with Crippen molar-refractivity contribution in [2.75, 3.05) is 13.7 Å². The Kier molecular flexibility index (Phi) is 5.77. The fraction of sp³-hybridized carbons (Fsp3) is 0.357. The van der Waals surface area contributed by atoms with Gasteiger partial charge in [0.15, 0.2) is 6.10 Å². The van der Waals surface area contributed by atoms with E-state index in [1.165, 1.54) is 0 Å². The van der Waals surface area contributed by atoms with Crippen molar-refractivity contribution in [3.05, 3.63) is 36.9 Å². The third-order valence-corrected chi connectivity index (χ3v) is 2.40. The summed E-state index contributed by atoms with van der Waals surface area (Å²) in [6, 6.07) is 7.20. The van der Waals surface area contributed by atoms with E-state index in [-0.39, 0.29) is 5.91 Å². The number of nitrogens with one attached hydrogen (secondary N) is 1. The molecular formula is C14H19NO3. The monoisotopic (exact) mass is 249 g/mol. The zero-order chi connectivity index (χ0) is 13.4. The minimum absolute atomic E-state index is 0.139. The van der Waals surface area contributed by atoms with Crippen LogP contribution in [0, 0.1) is 0 Å². The highest BCUT2D eigenvalue weighted by Crippen LogP contribution is 2.20. The van der Waals surface area contributed by atoms with Gasteiger partial charge in [0.05, 0.1) is 7.11 Å². The summed E-state index contributed by atoms with van der Waals surface area (Å²) in [5.41, 5.74) is 0. The molecule has 0 radical (unpaired) electrons. The Morgan fingerprint density at radius 3 is 2.83 bits per heavy atom. The molecule has 0 fully saturated rings. The molecule has 0 heterocycles. The second kappa shape index (κ2) is 7.37. The zero-order valence-corrected chi connectivity index (χ0v) is 10.8. The molecule has 98 valence electrons. The van der Waals surface area contributed by atoms with Crippen molar-refractivity contribution in [2.24, 2.45) is 0 Å². The van der Waals surface area contributed by atoms with E-state index in [0.717, 1.165) is 0 Å². The smallest absolute Gasteiger partial charge is 0.261 e. The van der Waals surface area contributed by atoms with Crippen LogP contribution in [0.1, 0.15) is 13.3 Å². The first-order valence-corrected chi connectivity index (χ1v) is 5.90. The van der Waals surface area contributed by atoms with Crippen LogP contribution in [0.5, 0.6) is 11.5 Å². The van der Waals surface area contributed by atoms with E-state index in [2.05, 4.69) is 11.9 Å². The SMILES string of the molecule is C=CCNC(=O)[C@H](CC)Oc1cccc(OC)c1. The van der Waals surface area contributed by atoms with Crippen LogP contribution < -0.4 is 14.8 Å². The molecule has 1 rings (SSSR count). The van der Waals surface area contributed by atoms with Crippen LogP contribution in [-0.2, 0) is 4.79 Å². The van der Waals surface area contributed by atoms with Crippen molar-refractivity contribution >= 4 is 5.91 Å². The number of methoxy groups -OCH3 is 1. The molecule has 1 atom stereocenters. The van der Waals surface area contributed by atoms with E-state index in [1.807, 2.05) is 19.1 Å². The van der Waals surface area contributed by atoms with Gasteiger partial charge < -0.3 is 14.8 Å². The maximum Gasteiger partial charge on any atom is 0.261 e. The fourth-order valence-electron chi connectivity index (χ4n) is 1.45. The Hall–Kier alpha value is -1.97. The predicted molar refractivity (Wildman–Crippen MR) is 70.9 cm³/mol. The summed E-state index contributed by atoms with van der Waals surface area (Å²) in [6.45, 7) is 5.89. The average Bonchev–Trinajstić information content (AvgIpc) is 2.42. The summed E-state index contributed by atoms with van der Waals surface area (Å²) >= 11 is 0. The lowest BCUT2D eigenvalue weighted by molar-refractivity contribution is -0.127. The Bertz CT molecular complexity index is 404. The van der Waals surface area contributed by atoms with Crippen molar-refractivity contribution in [1.29, 1.82) is 0 Å². The van der Waals surface area contributed by atoms with Crippen molar-refractivity contribution in [1.82, 2.24) is 5.32 Å². The van der Waals surface area contributed by atoms with Gasteiger partial charge in [-0.3, -0.25) is 4.79 Å². The number of carbonyl (C=O) groups is 1. The molecule has 0 aliphatic rings. The summed E-state index contributed by atoms with van der Waals surface area (Å²) in [4.78, 5) is 11.8. The highest BCUT2D eigenvalue weighted by Gasteiger charge is 2.17. The van der Waals surface area contributed by atoms with E-state index in [0.29, 0.717) is 24.5 Å². The van der Waals surface area contributed by atoms with Gasteiger partial charge in [-0.2, -0.15) is 0 Å². The molecular weight excluding hydrogens is 230 g/mol. The molecule has 0 saturated carbocycles. The van der Waals surface area contributed by atoms with Gasteiger partial charge in [0.1, 0.15) is 11.5 Å². The molecule has 0 aliphatic heterocycles. The maximum atomic E-state index is 11.8. The highest BCUT2D eigenvalue weighted by molar-refractivity contribution is 5.81. The van der Waals surface area contributed by atoms with Gasteiger partial charge in [0, 0.05) is 12.6 Å². The molecule has 4 nitrogen and oxygen atoms in total. The van der Waals surface area contributed by atoms with Crippen LogP contribution >= 0.6 is 0 Å². The number of rotatable bonds is 7. The van der Waals surface area contributed by atoms with Crippen LogP contribution in [0.3, 0.4) is 0 Å². The maximum absolute atomic E-state index is 11.8. The Morgan fingerprint density at radius 1 is 1.50 bits per heavy atom. The minimum atomic E-state index is -0.503. The first kappa shape index (κ1) is 14.1. The molecule has 0 bridgehead atoms. The lowest BCUT2D eigenvalue weighted by Gasteiger charge is -2.17. The first-order chi connectivity index (χ1) is 8.71. The molecule has 0 saturated heterocycles. The largest absolute Gasteiger partial charge is 0.497 e. The standard InChI is InChI=1S/C14H19NO3/c1-4-9-15-14(16)13(5-2)18-12-8-6-7-11(10-12)17-3/h4,6-8,10,13H,1,5,9H2,2-3H3,(H,15,16)/t13-/m0/s1. The topological polar surface area (TPSA) is 47.6 Å². The number of carbonyl (C=O) groups excluding carboxylic acids is 1. The lowest BCUT2D eigenvalue weighted by atomic mass is 10.2. The number of hydrogen-bond donors (Lipinski definition) is 1. The van der Waals surface area contributed by atoms with E-state index in [9.17, 15) is 4.79 Å². The van der Waals surface area contributed by atoms with Crippen LogP contribution in [0.25, 0.3) is 0 Å². The summed E-state index contributed by atoms with van der Waals surface area (Å²) in [6.07, 6.45) is 1.73. The van der Waals surface area contributed by atoms with Crippen LogP contribution in [0.15, 0.2) is 36.9 Å². The fourth-order valence-corrected chi connectivity index (χ4v) is 1.45. The summed E-state index contributed by atoms with van der Waals surface area (Å²) < 4.78 is 10.7. The summed E-state index contributed by atoms with van der Waals surface area (Å²) in [5, 5.41) is 2.72. The number of amides is 1. The third kappa shape index (κ3) is 4.13. The summed E-state index contributed by atoms with van der Waals surface area (Å²) in [5.74, 6) is 1.18. The van der Waals surface area contributed by atoms with Gasteiger partial charge in [-0.15, -0.1) is 6.58 Å². The molecule has 1 aromatic carbocycles. The normalized spacial score (nSPS) is 11.4. The quantitative estimate of drug-likeness (QED) is 0.753. The van der Waals surface area contributed by atoms with E-state index in [4.69, 9.17) is 9.47 Å². The average molecular weight is 249 g/mol. The second-order valence-electron chi connectivity index (χ2n) is 3.73. The van der Waals surface area contributed by atoms with E-state index >= 15 is 0 Å². The number of hydrogen-bond acceptors (Lipinski definition) is 3. The minimum Gasteiger partial charge on any atom is -0.497 e. The van der Waals surface area contributed by atoms with Crippen LogP contribution in [0.4, 0.5) is 0 Å². The van der Waals surface area contributed by atoms with Gasteiger partial charge in [-0.1, -0.05) is 19.1 Å². The van der Waals surface area contributed by atoms with Crippen molar-refractivity contribution < 1.29 is 14.3 Å². The second-order valence-corrected chi connectivity index (χ2v) is 3.73. The molecule has 0 spiro atoms. The van der Waals surface area contributed by atoms with Crippen molar-refractivity contribution in [3.8, 4) is 11.5 Å².